The molecule has 2 saturated heterocycles. The predicted octanol–water partition coefficient (Wildman–Crippen LogP) is 2.52. The largest absolute Gasteiger partial charge is 0.393 e. The van der Waals surface area contributed by atoms with Crippen LogP contribution in [0.5, 0.6) is 0 Å². The molecule has 19 heavy (non-hydrogen) atoms. The molecular weight excluding hydrogens is 287 g/mol. The van der Waals surface area contributed by atoms with Gasteiger partial charge in [-0.3, -0.25) is 4.79 Å². The molecule has 1 aromatic rings. The number of amides is 1. The van der Waals surface area contributed by atoms with Crippen LogP contribution >= 0.6 is 23.2 Å². The van der Waals surface area contributed by atoms with E-state index in [0.29, 0.717) is 23.4 Å². The first-order valence-corrected chi connectivity index (χ1v) is 7.13. The van der Waals surface area contributed by atoms with E-state index in [1.54, 1.807) is 0 Å². The van der Waals surface area contributed by atoms with Crippen molar-refractivity contribution in [1.82, 2.24) is 9.88 Å². The summed E-state index contributed by atoms with van der Waals surface area (Å²) in [5.74, 6) is -0.103. The summed E-state index contributed by atoms with van der Waals surface area (Å²) in [5, 5.41) is 10.3. The Hall–Kier alpha value is -0.840. The lowest BCUT2D eigenvalue weighted by molar-refractivity contribution is 0.0287. The van der Waals surface area contributed by atoms with E-state index >= 15 is 0 Å². The second kappa shape index (κ2) is 4.93. The number of pyridine rings is 1. The third kappa shape index (κ3) is 2.33. The van der Waals surface area contributed by atoms with E-state index in [0.717, 1.165) is 12.8 Å². The maximum absolute atomic E-state index is 12.6. The number of halogens is 2. The van der Waals surface area contributed by atoms with Crippen molar-refractivity contribution in [3.05, 3.63) is 28.0 Å². The lowest BCUT2D eigenvalue weighted by atomic mass is 9.99. The Morgan fingerprint density at radius 1 is 1.32 bits per heavy atom. The molecule has 3 heterocycles. The van der Waals surface area contributed by atoms with Crippen molar-refractivity contribution < 1.29 is 9.90 Å². The predicted molar refractivity (Wildman–Crippen MR) is 72.5 cm³/mol. The minimum absolute atomic E-state index is 0.103. The summed E-state index contributed by atoms with van der Waals surface area (Å²) < 4.78 is 0. The second-order valence-electron chi connectivity index (χ2n) is 5.21. The van der Waals surface area contributed by atoms with E-state index < -0.39 is 0 Å². The topological polar surface area (TPSA) is 53.4 Å². The molecule has 2 fully saturated rings. The number of piperidine rings is 1. The van der Waals surface area contributed by atoms with E-state index in [2.05, 4.69) is 4.98 Å². The summed E-state index contributed by atoms with van der Waals surface area (Å²) in [6, 6.07) is 1.74. The Labute approximate surface area is 121 Å². The van der Waals surface area contributed by atoms with Crippen molar-refractivity contribution >= 4 is 29.1 Å². The summed E-state index contributed by atoms with van der Waals surface area (Å²) in [5.41, 5.74) is 0.398. The molecule has 3 rings (SSSR count). The van der Waals surface area contributed by atoms with Gasteiger partial charge >= 0.3 is 0 Å². The van der Waals surface area contributed by atoms with Gasteiger partial charge in [0.25, 0.3) is 5.91 Å². The SMILES string of the molecule is O=C(c1cc(Cl)ncc1Cl)N1C2CCC1CC(O)C2. The summed E-state index contributed by atoms with van der Waals surface area (Å²) in [6.45, 7) is 0. The average Bonchev–Trinajstić information content (AvgIpc) is 2.64. The molecule has 2 aliphatic rings. The van der Waals surface area contributed by atoms with Crippen LogP contribution in [0.3, 0.4) is 0 Å². The van der Waals surface area contributed by atoms with Crippen LogP contribution in [-0.4, -0.2) is 39.1 Å². The molecule has 0 aromatic carbocycles. The molecule has 0 aliphatic carbocycles. The van der Waals surface area contributed by atoms with Gasteiger partial charge in [-0.2, -0.15) is 0 Å². The third-order valence-corrected chi connectivity index (χ3v) is 4.50. The fraction of sp³-hybridized carbons (Fsp3) is 0.538. The van der Waals surface area contributed by atoms with Gasteiger partial charge in [0.15, 0.2) is 0 Å². The van der Waals surface area contributed by atoms with E-state index in [-0.39, 0.29) is 29.2 Å². The van der Waals surface area contributed by atoms with Gasteiger partial charge in [0.05, 0.1) is 16.7 Å². The highest BCUT2D eigenvalue weighted by Crippen LogP contribution is 2.37. The number of rotatable bonds is 1. The third-order valence-electron chi connectivity index (χ3n) is 4.00. The lowest BCUT2D eigenvalue weighted by Crippen LogP contribution is -2.48. The van der Waals surface area contributed by atoms with Crippen LogP contribution in [-0.2, 0) is 0 Å². The van der Waals surface area contributed by atoms with Crippen LogP contribution in [0.25, 0.3) is 0 Å². The number of hydrogen-bond donors (Lipinski definition) is 1. The highest BCUT2D eigenvalue weighted by Gasteiger charge is 2.43. The fourth-order valence-corrected chi connectivity index (χ4v) is 3.54. The van der Waals surface area contributed by atoms with Crippen molar-refractivity contribution in [3.8, 4) is 0 Å². The van der Waals surface area contributed by atoms with Crippen LogP contribution in [0.15, 0.2) is 12.3 Å². The van der Waals surface area contributed by atoms with Crippen LogP contribution in [0, 0.1) is 0 Å². The molecule has 1 N–H and O–H groups in total. The number of carbonyl (C=O) groups excluding carboxylic acids is 1. The zero-order chi connectivity index (χ0) is 13.6. The number of carbonyl (C=O) groups is 1. The van der Waals surface area contributed by atoms with Gasteiger partial charge in [0, 0.05) is 18.3 Å². The monoisotopic (exact) mass is 300 g/mol. The maximum Gasteiger partial charge on any atom is 0.256 e. The molecule has 102 valence electrons. The molecule has 0 spiro atoms. The first kappa shape index (κ1) is 13.2. The Morgan fingerprint density at radius 2 is 1.95 bits per heavy atom. The molecule has 4 nitrogen and oxygen atoms in total. The van der Waals surface area contributed by atoms with E-state index in [9.17, 15) is 9.90 Å². The summed E-state index contributed by atoms with van der Waals surface area (Å²) in [7, 11) is 0. The summed E-state index contributed by atoms with van der Waals surface area (Å²) in [6.07, 6.45) is 4.31. The molecule has 0 radical (unpaired) electrons. The van der Waals surface area contributed by atoms with Crippen molar-refractivity contribution in [1.29, 1.82) is 0 Å². The van der Waals surface area contributed by atoms with Gasteiger partial charge in [-0.25, -0.2) is 4.98 Å². The van der Waals surface area contributed by atoms with Gasteiger partial charge in [-0.05, 0) is 31.7 Å². The standard InChI is InChI=1S/C13H14Cl2N2O2/c14-11-6-16-12(15)5-10(11)13(19)17-7-1-2-8(17)4-9(18)3-7/h5-9,18H,1-4H2. The second-order valence-corrected chi connectivity index (χ2v) is 6.00. The quantitative estimate of drug-likeness (QED) is 0.811. The molecule has 2 bridgehead atoms. The average molecular weight is 301 g/mol. The fourth-order valence-electron chi connectivity index (χ4n) is 3.20. The van der Waals surface area contributed by atoms with Crippen molar-refractivity contribution in [2.45, 2.75) is 43.9 Å². The van der Waals surface area contributed by atoms with Crippen molar-refractivity contribution in [2.75, 3.05) is 0 Å². The Balaban J connectivity index is 1.90. The molecule has 1 aromatic heterocycles. The number of aliphatic hydroxyl groups is 1. The Bertz CT molecular complexity index is 509. The lowest BCUT2D eigenvalue weighted by Gasteiger charge is -2.37. The van der Waals surface area contributed by atoms with Crippen molar-refractivity contribution in [2.24, 2.45) is 0 Å². The number of hydrogen-bond acceptors (Lipinski definition) is 3. The van der Waals surface area contributed by atoms with Crippen LogP contribution in [0.1, 0.15) is 36.0 Å². The van der Waals surface area contributed by atoms with Crippen LogP contribution in [0.2, 0.25) is 10.2 Å². The van der Waals surface area contributed by atoms with E-state index in [1.165, 1.54) is 12.3 Å². The number of aliphatic hydroxyl groups excluding tert-OH is 1. The number of aromatic nitrogens is 1. The summed E-state index contributed by atoms with van der Waals surface area (Å²) in [4.78, 5) is 18.3. The molecule has 2 atom stereocenters. The first-order valence-electron chi connectivity index (χ1n) is 6.38. The maximum atomic E-state index is 12.6. The van der Waals surface area contributed by atoms with Gasteiger partial charge in [0.1, 0.15) is 5.15 Å². The summed E-state index contributed by atoms with van der Waals surface area (Å²) >= 11 is 11.9. The molecule has 1 amide bonds. The van der Waals surface area contributed by atoms with Gasteiger partial charge in [-0.15, -0.1) is 0 Å². The van der Waals surface area contributed by atoms with Gasteiger partial charge in [-0.1, -0.05) is 23.2 Å². The zero-order valence-corrected chi connectivity index (χ0v) is 11.7. The van der Waals surface area contributed by atoms with Crippen LogP contribution < -0.4 is 0 Å². The Morgan fingerprint density at radius 3 is 2.58 bits per heavy atom. The molecule has 2 unspecified atom stereocenters. The zero-order valence-electron chi connectivity index (χ0n) is 10.2. The molecule has 2 aliphatic heterocycles. The van der Waals surface area contributed by atoms with Gasteiger partial charge in [0.2, 0.25) is 0 Å². The highest BCUT2D eigenvalue weighted by atomic mass is 35.5. The highest BCUT2D eigenvalue weighted by molar-refractivity contribution is 6.35. The smallest absolute Gasteiger partial charge is 0.256 e. The number of fused-ring (bicyclic) bond motifs is 2. The molecule has 6 heteroatoms. The normalized spacial score (nSPS) is 29.6. The minimum atomic E-state index is -0.293. The molecular formula is C13H14Cl2N2O2. The first-order chi connectivity index (χ1) is 9.06. The van der Waals surface area contributed by atoms with Crippen LogP contribution in [0.4, 0.5) is 0 Å². The van der Waals surface area contributed by atoms with Crippen molar-refractivity contribution in [3.63, 3.8) is 0 Å². The minimum Gasteiger partial charge on any atom is -0.393 e. The Kier molecular flexibility index (Phi) is 3.41. The van der Waals surface area contributed by atoms with E-state index in [1.807, 2.05) is 4.90 Å². The van der Waals surface area contributed by atoms with E-state index in [4.69, 9.17) is 23.2 Å². The van der Waals surface area contributed by atoms with Gasteiger partial charge < -0.3 is 10.0 Å². The number of nitrogens with zero attached hydrogens (tertiary/aromatic N) is 2. The molecule has 0 saturated carbocycles.